The average molecular weight is 447 g/mol. The maximum absolute atomic E-state index is 6.33. The van der Waals surface area contributed by atoms with Crippen LogP contribution in [0.1, 0.15) is 37.4 Å². The molecule has 2 aromatic carbocycles. The second-order valence-electron chi connectivity index (χ2n) is 7.09. The Hall–Kier alpha value is -1.92. The number of hydrogen-bond donors (Lipinski definition) is 1. The van der Waals surface area contributed by atoms with Crippen LogP contribution in [0.3, 0.4) is 0 Å². The maximum Gasteiger partial charge on any atom is 0.117 e. The number of hydrogen-bond acceptors (Lipinski definition) is 4. The van der Waals surface area contributed by atoms with E-state index in [4.69, 9.17) is 38.1 Å². The molecule has 0 atom stereocenters. The molecule has 0 aliphatic heterocycles. The highest BCUT2D eigenvalue weighted by Gasteiger charge is 2.15. The molecule has 0 fully saturated rings. The molecule has 1 aromatic heterocycles. The van der Waals surface area contributed by atoms with E-state index in [1.807, 2.05) is 48.5 Å². The van der Waals surface area contributed by atoms with Crippen molar-refractivity contribution in [1.29, 1.82) is 0 Å². The largest absolute Gasteiger partial charge is 0.381 e. The van der Waals surface area contributed by atoms with E-state index in [1.165, 1.54) is 0 Å². The van der Waals surface area contributed by atoms with Crippen molar-refractivity contribution in [3.05, 3.63) is 69.8 Å². The molecular weight excluding hydrogens is 419 g/mol. The van der Waals surface area contributed by atoms with E-state index in [2.05, 4.69) is 12.2 Å². The highest BCUT2D eigenvalue weighted by Crippen LogP contribution is 2.26. The fourth-order valence-electron chi connectivity index (χ4n) is 3.07. The summed E-state index contributed by atoms with van der Waals surface area (Å²) in [5, 5.41) is 14.1. The number of ether oxygens (including phenoxy) is 1. The van der Waals surface area contributed by atoms with Crippen molar-refractivity contribution in [2.75, 3.05) is 19.8 Å². The summed E-state index contributed by atoms with van der Waals surface area (Å²) in [6.45, 7) is 5.70. The number of aromatic nitrogens is 3. The molecule has 0 spiro atoms. The molecule has 7 heteroatoms. The van der Waals surface area contributed by atoms with Gasteiger partial charge in [0.2, 0.25) is 0 Å². The van der Waals surface area contributed by atoms with Crippen molar-refractivity contribution in [1.82, 2.24) is 20.3 Å². The maximum atomic E-state index is 6.33. The van der Waals surface area contributed by atoms with Gasteiger partial charge in [-0.05, 0) is 31.5 Å². The lowest BCUT2D eigenvalue weighted by Gasteiger charge is -2.06. The smallest absolute Gasteiger partial charge is 0.117 e. The monoisotopic (exact) mass is 446 g/mol. The van der Waals surface area contributed by atoms with E-state index in [-0.39, 0.29) is 0 Å². The molecule has 160 valence electrons. The Morgan fingerprint density at radius 3 is 2.40 bits per heavy atom. The normalized spacial score (nSPS) is 11.2. The van der Waals surface area contributed by atoms with E-state index < -0.39 is 0 Å². The van der Waals surface area contributed by atoms with Gasteiger partial charge in [-0.15, -0.1) is 0 Å². The van der Waals surface area contributed by atoms with Crippen LogP contribution in [0.25, 0.3) is 11.3 Å². The summed E-state index contributed by atoms with van der Waals surface area (Å²) in [7, 11) is 0. The highest BCUT2D eigenvalue weighted by atomic mass is 35.5. The van der Waals surface area contributed by atoms with Crippen LogP contribution in [0.2, 0.25) is 10.0 Å². The van der Waals surface area contributed by atoms with Gasteiger partial charge in [0, 0.05) is 40.9 Å². The molecule has 0 saturated carbocycles. The first kappa shape index (κ1) is 22.8. The predicted octanol–water partition coefficient (Wildman–Crippen LogP) is 5.60. The number of unbranched alkanes of at least 4 members (excludes halogenated alkanes) is 1. The van der Waals surface area contributed by atoms with Crippen LogP contribution in [-0.4, -0.2) is 34.8 Å². The zero-order valence-corrected chi connectivity index (χ0v) is 18.8. The summed E-state index contributed by atoms with van der Waals surface area (Å²) in [6, 6.07) is 15.6. The Balaban J connectivity index is 1.67. The molecule has 5 nitrogen and oxygen atoms in total. The Bertz CT molecular complexity index is 895. The van der Waals surface area contributed by atoms with Gasteiger partial charge in [-0.2, -0.15) is 15.0 Å². The summed E-state index contributed by atoms with van der Waals surface area (Å²) in [6.07, 6.45) is 3.25. The molecule has 0 saturated heterocycles. The van der Waals surface area contributed by atoms with Crippen LogP contribution in [0, 0.1) is 0 Å². The fraction of sp³-hybridized carbons (Fsp3) is 0.391. The first-order valence-corrected chi connectivity index (χ1v) is 11.2. The second kappa shape index (κ2) is 12.1. The fourth-order valence-corrected chi connectivity index (χ4v) is 3.59. The summed E-state index contributed by atoms with van der Waals surface area (Å²) in [5.41, 5.74) is 3.62. The van der Waals surface area contributed by atoms with Gasteiger partial charge in [-0.3, -0.25) is 0 Å². The van der Waals surface area contributed by atoms with Crippen LogP contribution in [0.15, 0.2) is 48.5 Å². The molecule has 30 heavy (non-hydrogen) atoms. The third-order valence-electron chi connectivity index (χ3n) is 4.71. The quantitative estimate of drug-likeness (QED) is 0.368. The van der Waals surface area contributed by atoms with Crippen molar-refractivity contribution >= 4 is 23.2 Å². The first-order chi connectivity index (χ1) is 14.7. The molecule has 0 radical (unpaired) electrons. The van der Waals surface area contributed by atoms with E-state index in [1.54, 1.807) is 4.80 Å². The van der Waals surface area contributed by atoms with Crippen molar-refractivity contribution in [3.63, 3.8) is 0 Å². The van der Waals surface area contributed by atoms with Crippen molar-refractivity contribution in [2.24, 2.45) is 0 Å². The molecule has 3 rings (SSSR count). The van der Waals surface area contributed by atoms with Crippen LogP contribution < -0.4 is 5.32 Å². The average Bonchev–Trinajstić information content (AvgIpc) is 3.16. The van der Waals surface area contributed by atoms with Gasteiger partial charge in [-0.25, -0.2) is 0 Å². The molecule has 0 bridgehead atoms. The third-order valence-corrected chi connectivity index (χ3v) is 5.42. The Kier molecular flexibility index (Phi) is 9.15. The topological polar surface area (TPSA) is 52.0 Å². The highest BCUT2D eigenvalue weighted by molar-refractivity contribution is 6.35. The lowest BCUT2D eigenvalue weighted by molar-refractivity contribution is 0.128. The van der Waals surface area contributed by atoms with Crippen LogP contribution in [0.4, 0.5) is 0 Å². The second-order valence-corrected chi connectivity index (χ2v) is 7.90. The SMILES string of the molecule is CCCCOCCCNCc1nn(Cc2c(Cl)cccc2Cl)nc1-c1ccccc1. The third kappa shape index (κ3) is 6.54. The Labute approximate surface area is 188 Å². The van der Waals surface area contributed by atoms with Gasteiger partial charge in [0.15, 0.2) is 0 Å². The predicted molar refractivity (Wildman–Crippen MR) is 123 cm³/mol. The zero-order chi connectivity index (χ0) is 21.2. The minimum Gasteiger partial charge on any atom is -0.381 e. The van der Waals surface area contributed by atoms with Gasteiger partial charge < -0.3 is 10.1 Å². The molecule has 1 heterocycles. The molecule has 0 aliphatic carbocycles. The van der Waals surface area contributed by atoms with Crippen LogP contribution >= 0.6 is 23.2 Å². The first-order valence-electron chi connectivity index (χ1n) is 10.4. The standard InChI is InChI=1S/C23H28Cl2N4O/c1-2-3-14-30-15-8-13-26-16-22-23(18-9-5-4-6-10-18)28-29(27-22)17-19-20(24)11-7-12-21(19)25/h4-7,9-12,26H,2-3,8,13-17H2,1H3. The summed E-state index contributed by atoms with van der Waals surface area (Å²) < 4.78 is 5.62. The van der Waals surface area contributed by atoms with Crippen molar-refractivity contribution in [2.45, 2.75) is 39.3 Å². The Morgan fingerprint density at radius 2 is 1.67 bits per heavy atom. The van der Waals surface area contributed by atoms with E-state index in [0.717, 1.165) is 61.5 Å². The molecular formula is C23H28Cl2N4O. The minimum absolute atomic E-state index is 0.420. The number of rotatable bonds is 12. The van der Waals surface area contributed by atoms with E-state index >= 15 is 0 Å². The number of benzene rings is 2. The summed E-state index contributed by atoms with van der Waals surface area (Å²) in [4.78, 5) is 1.67. The van der Waals surface area contributed by atoms with Gasteiger partial charge in [0.05, 0.1) is 6.54 Å². The van der Waals surface area contributed by atoms with Crippen molar-refractivity contribution in [3.8, 4) is 11.3 Å². The molecule has 1 N–H and O–H groups in total. The van der Waals surface area contributed by atoms with Crippen LogP contribution in [0.5, 0.6) is 0 Å². The van der Waals surface area contributed by atoms with E-state index in [0.29, 0.717) is 23.1 Å². The summed E-state index contributed by atoms with van der Waals surface area (Å²) >= 11 is 12.7. The minimum atomic E-state index is 0.420. The lowest BCUT2D eigenvalue weighted by Crippen LogP contribution is -2.17. The number of halogens is 2. The van der Waals surface area contributed by atoms with Crippen LogP contribution in [-0.2, 0) is 17.8 Å². The molecule has 0 aliphatic rings. The van der Waals surface area contributed by atoms with Gasteiger partial charge in [0.25, 0.3) is 0 Å². The number of nitrogens with one attached hydrogen (secondary N) is 1. The van der Waals surface area contributed by atoms with E-state index in [9.17, 15) is 0 Å². The lowest BCUT2D eigenvalue weighted by atomic mass is 10.1. The van der Waals surface area contributed by atoms with Gasteiger partial charge >= 0.3 is 0 Å². The van der Waals surface area contributed by atoms with Gasteiger partial charge in [-0.1, -0.05) is 72.9 Å². The van der Waals surface area contributed by atoms with Gasteiger partial charge in [0.1, 0.15) is 11.4 Å². The zero-order valence-electron chi connectivity index (χ0n) is 17.3. The number of nitrogens with zero attached hydrogens (tertiary/aromatic N) is 3. The molecule has 0 amide bonds. The molecule has 0 unspecified atom stereocenters. The van der Waals surface area contributed by atoms with Crippen molar-refractivity contribution < 1.29 is 4.74 Å². The summed E-state index contributed by atoms with van der Waals surface area (Å²) in [5.74, 6) is 0. The Morgan fingerprint density at radius 1 is 0.933 bits per heavy atom. The molecule has 3 aromatic rings.